The van der Waals surface area contributed by atoms with Crippen LogP contribution in [-0.2, 0) is 9.09 Å². The van der Waals surface area contributed by atoms with Crippen LogP contribution in [0.2, 0.25) is 0 Å². The van der Waals surface area contributed by atoms with E-state index in [0.717, 1.165) is 19.5 Å². The Hall–Kier alpha value is -0.580. The Labute approximate surface area is 83.8 Å². The van der Waals surface area contributed by atoms with E-state index in [1.54, 1.807) is 0 Å². The topological polar surface area (TPSA) is 65.4 Å². The molecule has 0 aromatic heterocycles. The van der Waals surface area contributed by atoms with Gasteiger partial charge in [0, 0.05) is 34.3 Å². The number of guanidine groups is 1. The highest BCUT2D eigenvalue weighted by Crippen LogP contribution is 2.43. The summed E-state index contributed by atoms with van der Waals surface area (Å²) in [5, 5.41) is 0. The summed E-state index contributed by atoms with van der Waals surface area (Å²) in [5.41, 5.74) is 0. The highest BCUT2D eigenvalue weighted by molar-refractivity contribution is 7.51. The van der Waals surface area contributed by atoms with Crippen molar-refractivity contribution in [3.8, 4) is 0 Å². The summed E-state index contributed by atoms with van der Waals surface area (Å²) in [5.74, 6) is 0.504. The second kappa shape index (κ2) is 4.29. The summed E-state index contributed by atoms with van der Waals surface area (Å²) < 4.78 is 19.3. The number of hydrogen-bond donors (Lipinski definition) is 1. The first kappa shape index (κ1) is 11.5. The van der Waals surface area contributed by atoms with Crippen LogP contribution in [0.1, 0.15) is 6.42 Å². The van der Waals surface area contributed by atoms with Gasteiger partial charge < -0.3 is 14.7 Å². The van der Waals surface area contributed by atoms with Gasteiger partial charge in [0.15, 0.2) is 0 Å². The van der Waals surface area contributed by atoms with Crippen LogP contribution in [0.4, 0.5) is 0 Å². The van der Waals surface area contributed by atoms with Crippen molar-refractivity contribution in [3.63, 3.8) is 0 Å². The normalized spacial score (nSPS) is 22.1. The SMILES string of the molecule is COP(=O)(O)N=C1N(C)CCCN1C. The second-order valence-corrected chi connectivity index (χ2v) is 4.82. The van der Waals surface area contributed by atoms with Crippen LogP contribution in [0.15, 0.2) is 4.76 Å². The van der Waals surface area contributed by atoms with E-state index in [4.69, 9.17) is 0 Å². The van der Waals surface area contributed by atoms with Gasteiger partial charge in [0.05, 0.1) is 0 Å². The van der Waals surface area contributed by atoms with Crippen molar-refractivity contribution in [2.24, 2.45) is 4.76 Å². The zero-order chi connectivity index (χ0) is 10.8. The van der Waals surface area contributed by atoms with Crippen molar-refractivity contribution in [1.82, 2.24) is 9.80 Å². The minimum Gasteiger partial charge on any atom is -0.345 e. The third-order valence-corrected chi connectivity index (χ3v) is 3.03. The van der Waals surface area contributed by atoms with Gasteiger partial charge in [0.2, 0.25) is 5.96 Å². The van der Waals surface area contributed by atoms with Crippen LogP contribution >= 0.6 is 7.75 Å². The lowest BCUT2D eigenvalue weighted by molar-refractivity contribution is 0.301. The van der Waals surface area contributed by atoms with Crippen LogP contribution in [0.3, 0.4) is 0 Å². The molecule has 1 atom stereocenters. The Morgan fingerprint density at radius 1 is 1.43 bits per heavy atom. The molecule has 0 saturated carbocycles. The molecule has 1 aliphatic rings. The summed E-state index contributed by atoms with van der Waals surface area (Å²) in [6, 6.07) is 0. The first-order chi connectivity index (χ1) is 6.46. The lowest BCUT2D eigenvalue weighted by Crippen LogP contribution is -2.46. The maximum absolute atomic E-state index is 11.2. The fourth-order valence-electron chi connectivity index (χ4n) is 1.34. The van der Waals surface area contributed by atoms with E-state index in [1.165, 1.54) is 7.11 Å². The van der Waals surface area contributed by atoms with E-state index in [2.05, 4.69) is 9.29 Å². The second-order valence-electron chi connectivity index (χ2n) is 3.27. The van der Waals surface area contributed by atoms with E-state index in [1.807, 2.05) is 23.9 Å². The third-order valence-electron chi connectivity index (χ3n) is 2.12. The number of nitrogens with zero attached hydrogens (tertiary/aromatic N) is 3. The molecule has 0 amide bonds. The maximum atomic E-state index is 11.2. The molecule has 6 nitrogen and oxygen atoms in total. The molecule has 1 fully saturated rings. The van der Waals surface area contributed by atoms with Crippen LogP contribution < -0.4 is 0 Å². The van der Waals surface area contributed by atoms with Crippen LogP contribution in [-0.4, -0.2) is 54.9 Å². The highest BCUT2D eigenvalue weighted by atomic mass is 31.2. The maximum Gasteiger partial charge on any atom is 0.454 e. The molecule has 0 bridgehead atoms. The van der Waals surface area contributed by atoms with E-state index >= 15 is 0 Å². The first-order valence-corrected chi connectivity index (χ1v) is 5.90. The van der Waals surface area contributed by atoms with Crippen molar-refractivity contribution < 1.29 is 14.0 Å². The molecule has 0 aliphatic carbocycles. The Bertz CT molecular complexity index is 269. The molecule has 1 saturated heterocycles. The molecule has 0 aromatic carbocycles. The van der Waals surface area contributed by atoms with E-state index in [9.17, 15) is 9.46 Å². The molecule has 14 heavy (non-hydrogen) atoms. The van der Waals surface area contributed by atoms with Gasteiger partial charge in [-0.1, -0.05) is 0 Å². The fraction of sp³-hybridized carbons (Fsp3) is 0.857. The molecule has 1 N–H and O–H groups in total. The average molecular weight is 221 g/mol. The van der Waals surface area contributed by atoms with Crippen LogP contribution in [0, 0.1) is 0 Å². The molecule has 1 aliphatic heterocycles. The largest absolute Gasteiger partial charge is 0.454 e. The third kappa shape index (κ3) is 2.70. The summed E-state index contributed by atoms with van der Waals surface area (Å²) >= 11 is 0. The highest BCUT2D eigenvalue weighted by Gasteiger charge is 2.23. The van der Waals surface area contributed by atoms with Crippen molar-refractivity contribution in [1.29, 1.82) is 0 Å². The quantitative estimate of drug-likeness (QED) is 0.682. The summed E-state index contributed by atoms with van der Waals surface area (Å²) in [6.07, 6.45) is 1.02. The molecule has 0 radical (unpaired) electrons. The molecular weight excluding hydrogens is 205 g/mol. The van der Waals surface area contributed by atoms with E-state index in [-0.39, 0.29) is 0 Å². The Balaban J connectivity index is 2.87. The molecular formula is C7H16N3O3P. The summed E-state index contributed by atoms with van der Waals surface area (Å²) in [4.78, 5) is 12.9. The minimum absolute atomic E-state index is 0.504. The number of rotatable bonds is 2. The van der Waals surface area contributed by atoms with E-state index < -0.39 is 7.75 Å². The van der Waals surface area contributed by atoms with Gasteiger partial charge in [-0.3, -0.25) is 4.52 Å². The fourth-order valence-corrected chi connectivity index (χ4v) is 1.96. The Morgan fingerprint density at radius 2 is 1.93 bits per heavy atom. The van der Waals surface area contributed by atoms with Crippen LogP contribution in [0.5, 0.6) is 0 Å². The van der Waals surface area contributed by atoms with Crippen molar-refractivity contribution in [2.45, 2.75) is 6.42 Å². The van der Waals surface area contributed by atoms with Gasteiger partial charge in [0.25, 0.3) is 0 Å². The van der Waals surface area contributed by atoms with E-state index in [0.29, 0.717) is 5.96 Å². The summed E-state index contributed by atoms with van der Waals surface area (Å²) in [7, 11) is 1.04. The monoisotopic (exact) mass is 221 g/mol. The Kier molecular flexibility index (Phi) is 3.53. The van der Waals surface area contributed by atoms with Crippen molar-refractivity contribution >= 4 is 13.7 Å². The van der Waals surface area contributed by atoms with Crippen molar-refractivity contribution in [3.05, 3.63) is 0 Å². The molecule has 7 heteroatoms. The molecule has 1 rings (SSSR count). The average Bonchev–Trinajstić information content (AvgIpc) is 2.12. The van der Waals surface area contributed by atoms with Gasteiger partial charge in [-0.25, -0.2) is 4.57 Å². The minimum atomic E-state index is -3.81. The zero-order valence-electron chi connectivity index (χ0n) is 8.67. The molecule has 1 heterocycles. The van der Waals surface area contributed by atoms with Crippen LogP contribution in [0.25, 0.3) is 0 Å². The van der Waals surface area contributed by atoms with Gasteiger partial charge in [-0.15, -0.1) is 4.76 Å². The molecule has 82 valence electrons. The van der Waals surface area contributed by atoms with Gasteiger partial charge in [-0.05, 0) is 6.42 Å². The van der Waals surface area contributed by atoms with Crippen molar-refractivity contribution in [2.75, 3.05) is 34.3 Å². The first-order valence-electron chi connectivity index (χ1n) is 4.37. The molecule has 0 aromatic rings. The number of hydrogen-bond acceptors (Lipinski definition) is 2. The zero-order valence-corrected chi connectivity index (χ0v) is 9.57. The van der Waals surface area contributed by atoms with Gasteiger partial charge >= 0.3 is 7.75 Å². The summed E-state index contributed by atoms with van der Waals surface area (Å²) in [6.45, 7) is 1.68. The predicted molar refractivity (Wildman–Crippen MR) is 54.1 cm³/mol. The van der Waals surface area contributed by atoms with Gasteiger partial charge in [-0.2, -0.15) is 0 Å². The standard InChI is InChI=1S/C7H16N3O3P/c1-9-5-4-6-10(2)7(9)8-14(11,12)13-3/h4-6H2,1-3H3,(H,11,12). The van der Waals surface area contributed by atoms with Gasteiger partial charge in [0.1, 0.15) is 0 Å². The molecule has 0 spiro atoms. The Morgan fingerprint density at radius 3 is 2.36 bits per heavy atom. The smallest absolute Gasteiger partial charge is 0.345 e. The predicted octanol–water partition coefficient (Wildman–Crippen LogP) is 0.356. The molecule has 1 unspecified atom stereocenters. The lowest BCUT2D eigenvalue weighted by Gasteiger charge is -2.34. The lowest BCUT2D eigenvalue weighted by atomic mass is 10.3.